The van der Waals surface area contributed by atoms with Gasteiger partial charge in [0.2, 0.25) is 0 Å². The molecular formula is C15H30N2O. The van der Waals surface area contributed by atoms with Gasteiger partial charge >= 0.3 is 0 Å². The molecule has 0 amide bonds. The average Bonchev–Trinajstić information content (AvgIpc) is 2.78. The summed E-state index contributed by atoms with van der Waals surface area (Å²) in [5.41, 5.74) is 6.41. The lowest BCUT2D eigenvalue weighted by Crippen LogP contribution is -2.63. The van der Waals surface area contributed by atoms with Gasteiger partial charge in [0, 0.05) is 24.7 Å². The molecule has 3 heteroatoms. The lowest BCUT2D eigenvalue weighted by atomic mass is 9.67. The fraction of sp³-hybridized carbons (Fsp3) is 1.00. The van der Waals surface area contributed by atoms with Crippen LogP contribution in [0.5, 0.6) is 0 Å². The molecule has 1 heterocycles. The largest absolute Gasteiger partial charge is 0.377 e. The van der Waals surface area contributed by atoms with Gasteiger partial charge < -0.3 is 10.5 Å². The average molecular weight is 254 g/mol. The first kappa shape index (κ1) is 14.3. The first-order valence-corrected chi connectivity index (χ1v) is 7.57. The van der Waals surface area contributed by atoms with Crippen molar-refractivity contribution in [3.63, 3.8) is 0 Å². The molecule has 0 bridgehead atoms. The molecule has 2 fully saturated rings. The van der Waals surface area contributed by atoms with E-state index in [2.05, 4.69) is 32.7 Å². The van der Waals surface area contributed by atoms with Gasteiger partial charge in [-0.25, -0.2) is 0 Å². The molecule has 0 aromatic heterocycles. The van der Waals surface area contributed by atoms with Crippen LogP contribution in [0.1, 0.15) is 46.5 Å². The Kier molecular flexibility index (Phi) is 4.35. The van der Waals surface area contributed by atoms with E-state index in [1.54, 1.807) is 0 Å². The van der Waals surface area contributed by atoms with Crippen molar-refractivity contribution < 1.29 is 4.74 Å². The minimum Gasteiger partial charge on any atom is -0.377 e. The number of ether oxygens (including phenoxy) is 1. The van der Waals surface area contributed by atoms with Crippen molar-refractivity contribution >= 4 is 0 Å². The van der Waals surface area contributed by atoms with E-state index in [1.807, 2.05) is 0 Å². The Balaban J connectivity index is 2.20. The summed E-state index contributed by atoms with van der Waals surface area (Å²) in [6, 6.07) is 0.543. The quantitative estimate of drug-likeness (QED) is 0.839. The van der Waals surface area contributed by atoms with E-state index in [0.29, 0.717) is 18.1 Å². The molecule has 106 valence electrons. The van der Waals surface area contributed by atoms with Crippen LogP contribution in [0.25, 0.3) is 0 Å². The van der Waals surface area contributed by atoms with Crippen molar-refractivity contribution in [2.45, 2.75) is 64.1 Å². The summed E-state index contributed by atoms with van der Waals surface area (Å²) in [6.45, 7) is 8.67. The van der Waals surface area contributed by atoms with Crippen LogP contribution < -0.4 is 5.73 Å². The number of nitrogens with zero attached hydrogens (tertiary/aromatic N) is 1. The summed E-state index contributed by atoms with van der Waals surface area (Å²) in [7, 11) is 2.28. The van der Waals surface area contributed by atoms with Gasteiger partial charge in [0.05, 0.1) is 6.10 Å². The fourth-order valence-electron chi connectivity index (χ4n) is 4.23. The van der Waals surface area contributed by atoms with Crippen molar-refractivity contribution in [3.05, 3.63) is 0 Å². The zero-order chi connectivity index (χ0) is 13.3. The van der Waals surface area contributed by atoms with Gasteiger partial charge in [0.1, 0.15) is 0 Å². The third-order valence-electron chi connectivity index (χ3n) is 5.86. The minimum absolute atomic E-state index is 0.185. The Morgan fingerprint density at radius 1 is 1.28 bits per heavy atom. The van der Waals surface area contributed by atoms with Gasteiger partial charge in [0.15, 0.2) is 0 Å². The third kappa shape index (κ3) is 2.21. The molecule has 5 atom stereocenters. The lowest BCUT2D eigenvalue weighted by Gasteiger charge is -2.53. The zero-order valence-electron chi connectivity index (χ0n) is 12.5. The number of likely N-dealkylation sites (N-methyl/N-ethyl adjacent to an activating group) is 1. The van der Waals surface area contributed by atoms with Gasteiger partial charge in [-0.3, -0.25) is 4.90 Å². The number of nitrogens with two attached hydrogens (primary N) is 1. The zero-order valence-corrected chi connectivity index (χ0v) is 12.5. The molecular weight excluding hydrogens is 224 g/mol. The van der Waals surface area contributed by atoms with Gasteiger partial charge in [-0.1, -0.05) is 26.7 Å². The highest BCUT2D eigenvalue weighted by Gasteiger charge is 2.47. The van der Waals surface area contributed by atoms with E-state index in [1.165, 1.54) is 19.3 Å². The minimum atomic E-state index is 0.185. The monoisotopic (exact) mass is 254 g/mol. The fourth-order valence-corrected chi connectivity index (χ4v) is 4.23. The molecule has 5 unspecified atom stereocenters. The van der Waals surface area contributed by atoms with Crippen LogP contribution in [0.4, 0.5) is 0 Å². The normalized spacial score (nSPS) is 45.7. The van der Waals surface area contributed by atoms with Crippen molar-refractivity contribution in [2.75, 3.05) is 20.2 Å². The Labute approximate surface area is 112 Å². The molecule has 2 aliphatic rings. The second-order valence-electron chi connectivity index (χ2n) is 6.51. The summed E-state index contributed by atoms with van der Waals surface area (Å²) >= 11 is 0. The highest BCUT2D eigenvalue weighted by molar-refractivity contribution is 5.02. The summed E-state index contributed by atoms with van der Waals surface area (Å²) in [5, 5.41) is 0. The van der Waals surface area contributed by atoms with Crippen molar-refractivity contribution in [3.8, 4) is 0 Å². The van der Waals surface area contributed by atoms with E-state index in [9.17, 15) is 0 Å². The second kappa shape index (κ2) is 5.48. The molecule has 0 aromatic rings. The molecule has 3 nitrogen and oxygen atoms in total. The van der Waals surface area contributed by atoms with Gasteiger partial charge in [0.25, 0.3) is 0 Å². The van der Waals surface area contributed by atoms with Gasteiger partial charge in [-0.05, 0) is 38.6 Å². The van der Waals surface area contributed by atoms with Crippen LogP contribution in [0, 0.1) is 11.8 Å². The molecule has 1 saturated carbocycles. The smallest absolute Gasteiger partial charge is 0.0703 e. The van der Waals surface area contributed by atoms with Crippen LogP contribution >= 0.6 is 0 Å². The van der Waals surface area contributed by atoms with Crippen molar-refractivity contribution in [1.29, 1.82) is 0 Å². The highest BCUT2D eigenvalue weighted by Crippen LogP contribution is 2.42. The number of hydrogen-bond acceptors (Lipinski definition) is 3. The van der Waals surface area contributed by atoms with Gasteiger partial charge in [-0.15, -0.1) is 0 Å². The van der Waals surface area contributed by atoms with E-state index < -0.39 is 0 Å². The molecule has 0 spiro atoms. The van der Waals surface area contributed by atoms with Gasteiger partial charge in [-0.2, -0.15) is 0 Å². The van der Waals surface area contributed by atoms with Crippen LogP contribution in [0.3, 0.4) is 0 Å². The Bertz CT molecular complexity index is 284. The van der Waals surface area contributed by atoms with Crippen LogP contribution in [0.15, 0.2) is 0 Å². The lowest BCUT2D eigenvalue weighted by molar-refractivity contribution is -0.0370. The van der Waals surface area contributed by atoms with Crippen LogP contribution in [-0.4, -0.2) is 42.8 Å². The van der Waals surface area contributed by atoms with Crippen LogP contribution in [0.2, 0.25) is 0 Å². The summed E-state index contributed by atoms with van der Waals surface area (Å²) in [6.07, 6.45) is 5.42. The summed E-state index contributed by atoms with van der Waals surface area (Å²) in [4.78, 5) is 2.57. The van der Waals surface area contributed by atoms with Crippen molar-refractivity contribution in [2.24, 2.45) is 17.6 Å². The predicted molar refractivity (Wildman–Crippen MR) is 75.5 cm³/mol. The molecule has 18 heavy (non-hydrogen) atoms. The molecule has 0 aromatic carbocycles. The maximum absolute atomic E-state index is 6.22. The van der Waals surface area contributed by atoms with E-state index in [4.69, 9.17) is 10.5 Å². The maximum atomic E-state index is 6.22. The molecule has 2 N–H and O–H groups in total. The highest BCUT2D eigenvalue weighted by atomic mass is 16.5. The van der Waals surface area contributed by atoms with E-state index >= 15 is 0 Å². The molecule has 1 aliphatic heterocycles. The Morgan fingerprint density at radius 3 is 2.56 bits per heavy atom. The van der Waals surface area contributed by atoms with E-state index in [0.717, 1.165) is 25.5 Å². The SMILES string of the molecule is CC1CCCC(CN)(N(C)C2CCOC2C)C1C. The van der Waals surface area contributed by atoms with Crippen LogP contribution in [-0.2, 0) is 4.74 Å². The van der Waals surface area contributed by atoms with Crippen molar-refractivity contribution in [1.82, 2.24) is 4.90 Å². The topological polar surface area (TPSA) is 38.5 Å². The molecule has 1 saturated heterocycles. The number of hydrogen-bond donors (Lipinski definition) is 1. The maximum Gasteiger partial charge on any atom is 0.0703 e. The van der Waals surface area contributed by atoms with E-state index in [-0.39, 0.29) is 5.54 Å². The Morgan fingerprint density at radius 2 is 2.00 bits per heavy atom. The Hall–Kier alpha value is -0.120. The first-order valence-electron chi connectivity index (χ1n) is 7.57. The molecule has 1 aliphatic carbocycles. The predicted octanol–water partition coefficient (Wildman–Crippen LogP) is 2.25. The standard InChI is InChI=1S/C15H30N2O/c1-11-6-5-8-15(10-16,12(11)2)17(4)14-7-9-18-13(14)3/h11-14H,5-10,16H2,1-4H3. The summed E-state index contributed by atoms with van der Waals surface area (Å²) in [5.74, 6) is 1.46. The second-order valence-corrected chi connectivity index (χ2v) is 6.51. The molecule has 2 rings (SSSR count). The first-order chi connectivity index (χ1) is 8.53. The number of rotatable bonds is 3. The molecule has 0 radical (unpaired) electrons. The summed E-state index contributed by atoms with van der Waals surface area (Å²) < 4.78 is 5.75. The third-order valence-corrected chi connectivity index (χ3v) is 5.86.